The molecule has 0 saturated carbocycles. The molecule has 1 amide bonds. The number of ether oxygens (including phenoxy) is 3. The summed E-state index contributed by atoms with van der Waals surface area (Å²) in [7, 11) is 3.18. The molecule has 1 aromatic heterocycles. The highest BCUT2D eigenvalue weighted by molar-refractivity contribution is 7.13. The predicted octanol–water partition coefficient (Wildman–Crippen LogP) is 3.37. The van der Waals surface area contributed by atoms with Crippen molar-refractivity contribution in [2.75, 3.05) is 27.4 Å². The third kappa shape index (κ3) is 5.44. The molecular formula is C18H24N2O4S. The minimum Gasteiger partial charge on any atom is -0.493 e. The number of carbonyl (C=O) groups is 1. The van der Waals surface area contributed by atoms with Crippen LogP contribution in [0.5, 0.6) is 11.5 Å². The van der Waals surface area contributed by atoms with Crippen LogP contribution >= 0.6 is 11.3 Å². The normalized spacial score (nSPS) is 10.8. The van der Waals surface area contributed by atoms with E-state index in [4.69, 9.17) is 14.2 Å². The molecule has 0 fully saturated rings. The van der Waals surface area contributed by atoms with Crippen molar-refractivity contribution in [2.24, 2.45) is 0 Å². The fourth-order valence-corrected chi connectivity index (χ4v) is 2.96. The third-order valence-corrected chi connectivity index (χ3v) is 4.32. The summed E-state index contributed by atoms with van der Waals surface area (Å²) in [5.74, 6) is 1.11. The first kappa shape index (κ1) is 19.2. The van der Waals surface area contributed by atoms with Gasteiger partial charge in [0.1, 0.15) is 10.7 Å². The van der Waals surface area contributed by atoms with Crippen LogP contribution in [0.4, 0.5) is 0 Å². The monoisotopic (exact) mass is 364 g/mol. The Hall–Kier alpha value is -2.12. The Balaban J connectivity index is 1.96. The maximum absolute atomic E-state index is 12.2. The average Bonchev–Trinajstić information content (AvgIpc) is 3.10. The largest absolute Gasteiger partial charge is 0.493 e. The highest BCUT2D eigenvalue weighted by Crippen LogP contribution is 2.33. The van der Waals surface area contributed by atoms with E-state index in [9.17, 15) is 4.79 Å². The van der Waals surface area contributed by atoms with E-state index in [1.54, 1.807) is 19.6 Å². The number of amides is 1. The van der Waals surface area contributed by atoms with Crippen molar-refractivity contribution in [1.82, 2.24) is 10.3 Å². The first-order valence-electron chi connectivity index (χ1n) is 8.13. The molecule has 1 N–H and O–H groups in total. The molecule has 0 saturated heterocycles. The van der Waals surface area contributed by atoms with Gasteiger partial charge in [-0.2, -0.15) is 0 Å². The van der Waals surface area contributed by atoms with E-state index in [2.05, 4.69) is 10.3 Å². The number of thiazole rings is 1. The number of methoxy groups -OCH3 is 2. The van der Waals surface area contributed by atoms with Crippen molar-refractivity contribution in [1.29, 1.82) is 0 Å². The summed E-state index contributed by atoms with van der Waals surface area (Å²) in [6.45, 7) is 5.17. The zero-order valence-corrected chi connectivity index (χ0v) is 15.8. The lowest BCUT2D eigenvalue weighted by molar-refractivity contribution is 0.0756. The summed E-state index contributed by atoms with van der Waals surface area (Å²) in [6.07, 6.45) is 0.981. The maximum Gasteiger partial charge on any atom is 0.270 e. The zero-order chi connectivity index (χ0) is 18.2. The Morgan fingerprint density at radius 2 is 2.00 bits per heavy atom. The lowest BCUT2D eigenvalue weighted by atomic mass is 10.2. The van der Waals surface area contributed by atoms with Gasteiger partial charge in [0, 0.05) is 24.1 Å². The number of hydrogen-bond donors (Lipinski definition) is 1. The Morgan fingerprint density at radius 1 is 1.24 bits per heavy atom. The standard InChI is InChI=1S/C18H24N2O4S/c1-12(2)24-9-5-8-19-17(21)14-11-25-18(20-14)13-6-7-15(22-3)16(10-13)23-4/h6-7,10-12H,5,8-9H2,1-4H3,(H,19,21). The SMILES string of the molecule is COc1ccc(-c2nc(C(=O)NCCCOC(C)C)cs2)cc1OC. The molecule has 7 heteroatoms. The van der Waals surface area contributed by atoms with E-state index in [0.717, 1.165) is 17.0 Å². The van der Waals surface area contributed by atoms with Crippen molar-refractivity contribution in [2.45, 2.75) is 26.4 Å². The molecule has 25 heavy (non-hydrogen) atoms. The van der Waals surface area contributed by atoms with Gasteiger partial charge in [-0.15, -0.1) is 11.3 Å². The number of nitrogens with zero attached hydrogens (tertiary/aromatic N) is 1. The van der Waals surface area contributed by atoms with Gasteiger partial charge in [0.15, 0.2) is 11.5 Å². The van der Waals surface area contributed by atoms with E-state index in [1.807, 2.05) is 32.0 Å². The fraction of sp³-hybridized carbons (Fsp3) is 0.444. The van der Waals surface area contributed by atoms with E-state index in [0.29, 0.717) is 30.3 Å². The van der Waals surface area contributed by atoms with Crippen LogP contribution in [0, 0.1) is 0 Å². The van der Waals surface area contributed by atoms with Crippen LogP contribution < -0.4 is 14.8 Å². The van der Waals surface area contributed by atoms with Crippen molar-refractivity contribution in [3.63, 3.8) is 0 Å². The first-order chi connectivity index (χ1) is 12.0. The highest BCUT2D eigenvalue weighted by atomic mass is 32.1. The smallest absolute Gasteiger partial charge is 0.270 e. The number of nitrogens with one attached hydrogen (secondary N) is 1. The van der Waals surface area contributed by atoms with Gasteiger partial charge in [0.25, 0.3) is 5.91 Å². The molecule has 0 aliphatic rings. The Bertz CT molecular complexity index is 700. The molecule has 2 aromatic rings. The van der Waals surface area contributed by atoms with Gasteiger partial charge in [0.2, 0.25) is 0 Å². The van der Waals surface area contributed by atoms with Gasteiger partial charge >= 0.3 is 0 Å². The number of carbonyl (C=O) groups excluding carboxylic acids is 1. The van der Waals surface area contributed by atoms with Crippen LogP contribution in [-0.2, 0) is 4.74 Å². The zero-order valence-electron chi connectivity index (χ0n) is 15.0. The molecular weight excluding hydrogens is 340 g/mol. The summed E-state index contributed by atoms with van der Waals surface area (Å²) in [5, 5.41) is 5.37. The third-order valence-electron chi connectivity index (χ3n) is 3.43. The molecule has 2 rings (SSSR count). The van der Waals surface area contributed by atoms with E-state index in [1.165, 1.54) is 11.3 Å². The highest BCUT2D eigenvalue weighted by Gasteiger charge is 2.13. The lowest BCUT2D eigenvalue weighted by Gasteiger charge is -2.08. The summed E-state index contributed by atoms with van der Waals surface area (Å²) in [5.41, 5.74) is 1.30. The molecule has 0 atom stereocenters. The van der Waals surface area contributed by atoms with E-state index < -0.39 is 0 Å². The summed E-state index contributed by atoms with van der Waals surface area (Å²) < 4.78 is 16.0. The van der Waals surface area contributed by atoms with Gasteiger partial charge in [-0.05, 0) is 38.5 Å². The van der Waals surface area contributed by atoms with Gasteiger partial charge in [-0.3, -0.25) is 4.79 Å². The number of hydrogen-bond acceptors (Lipinski definition) is 6. The molecule has 0 radical (unpaired) electrons. The van der Waals surface area contributed by atoms with Gasteiger partial charge < -0.3 is 19.5 Å². The Kier molecular flexibility index (Phi) is 7.21. The molecule has 136 valence electrons. The topological polar surface area (TPSA) is 69.7 Å². The van der Waals surface area contributed by atoms with Gasteiger partial charge in [-0.1, -0.05) is 0 Å². The van der Waals surface area contributed by atoms with Crippen LogP contribution in [0.15, 0.2) is 23.6 Å². The van der Waals surface area contributed by atoms with Crippen molar-refractivity contribution >= 4 is 17.2 Å². The summed E-state index contributed by atoms with van der Waals surface area (Å²) in [4.78, 5) is 16.6. The maximum atomic E-state index is 12.2. The number of rotatable bonds is 9. The molecule has 1 aromatic carbocycles. The fourth-order valence-electron chi connectivity index (χ4n) is 2.16. The Labute approximate surface area is 152 Å². The van der Waals surface area contributed by atoms with Crippen molar-refractivity contribution in [3.05, 3.63) is 29.3 Å². The minimum absolute atomic E-state index is 0.174. The number of aromatic nitrogens is 1. The number of benzene rings is 1. The first-order valence-corrected chi connectivity index (χ1v) is 9.00. The molecule has 0 spiro atoms. The van der Waals surface area contributed by atoms with Gasteiger partial charge in [-0.25, -0.2) is 4.98 Å². The van der Waals surface area contributed by atoms with E-state index >= 15 is 0 Å². The second-order valence-electron chi connectivity index (χ2n) is 5.64. The van der Waals surface area contributed by atoms with Crippen LogP contribution in [0.3, 0.4) is 0 Å². The summed E-state index contributed by atoms with van der Waals surface area (Å²) >= 11 is 1.42. The predicted molar refractivity (Wildman–Crippen MR) is 98.7 cm³/mol. The van der Waals surface area contributed by atoms with Crippen molar-refractivity contribution in [3.8, 4) is 22.1 Å². The van der Waals surface area contributed by atoms with Gasteiger partial charge in [0.05, 0.1) is 20.3 Å². The second kappa shape index (κ2) is 9.39. The minimum atomic E-state index is -0.174. The molecule has 0 bridgehead atoms. The quantitative estimate of drug-likeness (QED) is 0.691. The molecule has 0 aliphatic carbocycles. The van der Waals surface area contributed by atoms with Crippen molar-refractivity contribution < 1.29 is 19.0 Å². The average molecular weight is 364 g/mol. The van der Waals surface area contributed by atoms with Crippen LogP contribution in [0.2, 0.25) is 0 Å². The molecule has 0 unspecified atom stereocenters. The van der Waals surface area contributed by atoms with Crippen LogP contribution in [0.25, 0.3) is 10.6 Å². The van der Waals surface area contributed by atoms with Crippen LogP contribution in [0.1, 0.15) is 30.8 Å². The lowest BCUT2D eigenvalue weighted by Crippen LogP contribution is -2.25. The molecule has 6 nitrogen and oxygen atoms in total. The molecule has 1 heterocycles. The van der Waals surface area contributed by atoms with Crippen LogP contribution in [-0.4, -0.2) is 44.4 Å². The van der Waals surface area contributed by atoms with E-state index in [-0.39, 0.29) is 12.0 Å². The molecule has 0 aliphatic heterocycles. The second-order valence-corrected chi connectivity index (χ2v) is 6.49. The Morgan fingerprint density at radius 3 is 2.68 bits per heavy atom. The summed E-state index contributed by atoms with van der Waals surface area (Å²) in [6, 6.07) is 5.57.